The van der Waals surface area contributed by atoms with Crippen molar-refractivity contribution in [3.8, 4) is 0 Å². The van der Waals surface area contributed by atoms with Crippen LogP contribution in [0.25, 0.3) is 12.3 Å². The Kier molecular flexibility index (Phi) is 35.7. The monoisotopic (exact) mass is 694 g/mol. The predicted molar refractivity (Wildman–Crippen MR) is 72.8 cm³/mol. The first kappa shape index (κ1) is 32.6. The molecule has 1 aliphatic rings. The van der Waals surface area contributed by atoms with Crippen LogP contribution in [0.2, 0.25) is 0 Å². The van der Waals surface area contributed by atoms with Crippen LogP contribution < -0.4 is 5.73 Å². The van der Waals surface area contributed by atoms with Crippen LogP contribution in [-0.4, -0.2) is 28.2 Å². The van der Waals surface area contributed by atoms with Gasteiger partial charge >= 0.3 is 47.3 Å². The fourth-order valence-electron chi connectivity index (χ4n) is 1.24. The Morgan fingerprint density at radius 3 is 1.55 bits per heavy atom. The Morgan fingerprint density at radius 2 is 1.40 bits per heavy atom. The number of halogens is 2. The van der Waals surface area contributed by atoms with E-state index >= 15 is 0 Å². The summed E-state index contributed by atoms with van der Waals surface area (Å²) in [5, 5.41) is 14.8. The smallest absolute Gasteiger partial charge is 0 e. The molecule has 1 saturated carbocycles. The van der Waals surface area contributed by atoms with E-state index in [4.69, 9.17) is 44.4 Å². The quantitative estimate of drug-likeness (QED) is 0.261. The van der Waals surface area contributed by atoms with Gasteiger partial charge in [0.25, 0.3) is 0 Å². The number of carboxylic acid groups (broad SMARTS) is 2. The van der Waals surface area contributed by atoms with Gasteiger partial charge in [-0.2, -0.15) is 0 Å². The van der Waals surface area contributed by atoms with Crippen molar-refractivity contribution in [2.24, 2.45) is 11.7 Å². The van der Waals surface area contributed by atoms with Gasteiger partial charge in [0, 0.05) is 27.1 Å². The van der Waals surface area contributed by atoms with Crippen molar-refractivity contribution in [2.75, 3.05) is 0 Å². The fraction of sp³-hybridized carbons (Fsp3) is 0.667. The van der Waals surface area contributed by atoms with Gasteiger partial charge in [0.15, 0.2) is 0 Å². The molecule has 1 aliphatic carbocycles. The maximum absolute atomic E-state index is 9.10. The largest absolute Gasteiger partial charge is 0.693 e. The molecule has 20 heavy (non-hydrogen) atoms. The van der Waals surface area contributed by atoms with Crippen LogP contribution in [0.15, 0.2) is 0 Å². The molecule has 7 nitrogen and oxygen atoms in total. The van der Waals surface area contributed by atoms with Gasteiger partial charge in [0.1, 0.15) is 5.92 Å². The molecule has 2 atom stereocenters. The molecular weight excluding hydrogens is 675 g/mol. The normalized spacial score (nSPS) is 19.1. The molecule has 0 saturated heterocycles. The Labute approximate surface area is 150 Å². The summed E-state index contributed by atoms with van der Waals surface area (Å²) in [5.41, 5.74) is 5.72. The van der Waals surface area contributed by atoms with Crippen LogP contribution in [0, 0.1) is 12.8 Å². The molecule has 0 radical (unpaired) electrons. The van der Waals surface area contributed by atoms with Crippen molar-refractivity contribution in [1.82, 2.24) is 0 Å². The molecule has 0 aliphatic heterocycles. The second-order valence-corrected chi connectivity index (χ2v) is 6.65. The summed E-state index contributed by atoms with van der Waals surface area (Å²) < 4.78 is 0. The number of nitrogens with two attached hydrogens (primary N) is 3. The molecule has 8 N–H and O–H groups in total. The summed E-state index contributed by atoms with van der Waals surface area (Å²) >= 11 is -0.472. The van der Waals surface area contributed by atoms with Gasteiger partial charge in [0.05, 0.1) is 6.92 Å². The predicted octanol–water partition coefficient (Wildman–Crippen LogP) is 3.30. The zero-order valence-electron chi connectivity index (χ0n) is 10.5. The Balaban J connectivity index is -0.0000000571. The van der Waals surface area contributed by atoms with Crippen LogP contribution in [-0.2, 0) is 47.1 Å². The third-order valence-electron chi connectivity index (χ3n) is 2.15. The van der Waals surface area contributed by atoms with E-state index in [0.29, 0.717) is 12.0 Å². The van der Waals surface area contributed by atoms with Crippen LogP contribution >= 0.6 is 18.8 Å². The molecule has 0 spiro atoms. The van der Waals surface area contributed by atoms with E-state index in [0.717, 1.165) is 0 Å². The van der Waals surface area contributed by atoms with Crippen LogP contribution in [0.4, 0.5) is 0 Å². The first-order valence-corrected chi connectivity index (χ1v) is 10.4. The van der Waals surface area contributed by atoms with Crippen LogP contribution in [0.1, 0.15) is 25.7 Å². The van der Waals surface area contributed by atoms with Crippen molar-refractivity contribution in [3.63, 3.8) is 0 Å². The Bertz CT molecular complexity index is 219. The van der Waals surface area contributed by atoms with Crippen LogP contribution in [0.5, 0.6) is 0 Å². The second kappa shape index (κ2) is 21.9. The first-order chi connectivity index (χ1) is 7.86. The minimum atomic E-state index is -1.82. The minimum absolute atomic E-state index is 0. The zero-order chi connectivity index (χ0) is 13.8. The average molecular weight is 695 g/mol. The van der Waals surface area contributed by atoms with Gasteiger partial charge in [-0.15, -0.1) is 0 Å². The van der Waals surface area contributed by atoms with Gasteiger partial charge in [-0.3, -0.25) is 0 Å². The minimum Gasteiger partial charge on any atom is -0.693 e. The second-order valence-electron chi connectivity index (χ2n) is 3.36. The molecule has 0 amide bonds. The number of aliphatic carboxylic acids is 2. The molecule has 0 bridgehead atoms. The van der Waals surface area contributed by atoms with Crippen molar-refractivity contribution in [1.29, 1.82) is 0 Å². The van der Waals surface area contributed by atoms with Crippen molar-refractivity contribution < 1.29 is 57.3 Å². The molecule has 11 heteroatoms. The summed E-state index contributed by atoms with van der Waals surface area (Å²) in [5.74, 6) is -3.12. The van der Waals surface area contributed by atoms with E-state index < -0.39 is 28.4 Å². The van der Waals surface area contributed by atoms with Gasteiger partial charge < -0.3 is 28.2 Å². The molecule has 0 unspecified atom stereocenters. The van der Waals surface area contributed by atoms with E-state index in [2.05, 4.69) is 6.92 Å². The maximum atomic E-state index is 9.10. The number of rotatable bonds is 0. The molecule has 1 fully saturated rings. The third-order valence-corrected chi connectivity index (χ3v) is 2.15. The summed E-state index contributed by atoms with van der Waals surface area (Å²) in [6.07, 6.45) is 5.07. The van der Waals surface area contributed by atoms with Crippen LogP contribution in [0.3, 0.4) is 0 Å². The van der Waals surface area contributed by atoms with Crippen molar-refractivity contribution >= 4 is 30.8 Å². The molecule has 0 aromatic rings. The molecule has 128 valence electrons. The number of hydrogen-bond acceptors (Lipinski definition) is 3. The summed E-state index contributed by atoms with van der Waals surface area (Å²) in [4.78, 5) is 18.2. The molecule has 1 rings (SSSR count). The van der Waals surface area contributed by atoms with E-state index in [1.165, 1.54) is 25.7 Å². The van der Waals surface area contributed by atoms with Gasteiger partial charge in [-0.1, -0.05) is 6.42 Å². The van der Waals surface area contributed by atoms with E-state index in [-0.39, 0.29) is 33.4 Å². The SMILES string of the molecule is O=C(O)C(=O)O.[CH2+][C@@H]1CCCC[C@H]1N.[Cl][Pt+2][Cl].[NH2-].[NH2-].[Pt]. The fourth-order valence-corrected chi connectivity index (χ4v) is 1.24. The standard InChI is InChI=1S/C7H14N.C2H2O4.2ClH.2H2N.2Pt/c1-6-4-2-3-5-7(6)8;3-1(4)2(5)6;;;;;;/h6-7H,1-5,8H2;(H,3,4)(H,5,6);2*1H;2*1H2;;/q+1;;;;2*-1;;+4/p-2/t6-,7-;;;;;;;/m1......./s1. The van der Waals surface area contributed by atoms with Crippen molar-refractivity contribution in [3.05, 3.63) is 19.2 Å². The summed E-state index contributed by atoms with van der Waals surface area (Å²) in [6.45, 7) is 3.95. The molecule has 0 aromatic carbocycles. The summed E-state index contributed by atoms with van der Waals surface area (Å²) in [6, 6.07) is 0.392. The van der Waals surface area contributed by atoms with Gasteiger partial charge in [-0.25, -0.2) is 9.59 Å². The molecule has 0 aromatic heterocycles. The Hall–Kier alpha value is 0.647. The number of carbonyl (C=O) groups is 2. The topological polar surface area (TPSA) is 168 Å². The van der Waals surface area contributed by atoms with Gasteiger partial charge in [0.2, 0.25) is 0 Å². The average Bonchev–Trinajstić information content (AvgIpc) is 2.24. The van der Waals surface area contributed by atoms with Gasteiger partial charge in [-0.05, 0) is 19.3 Å². The number of hydrogen-bond donors (Lipinski definition) is 3. The van der Waals surface area contributed by atoms with E-state index in [9.17, 15) is 0 Å². The first-order valence-electron chi connectivity index (χ1n) is 4.74. The maximum Gasteiger partial charge on any atom is 0 e. The molecule has 0 heterocycles. The van der Waals surface area contributed by atoms with Crippen molar-refractivity contribution in [2.45, 2.75) is 31.7 Å². The van der Waals surface area contributed by atoms with E-state index in [1.54, 1.807) is 0 Å². The molecular formula is C9H20Cl2N3O4Pt2+. The third kappa shape index (κ3) is 23.7. The Morgan fingerprint density at radius 1 is 1.10 bits per heavy atom. The van der Waals surface area contributed by atoms with E-state index in [1.807, 2.05) is 0 Å². The number of carboxylic acids is 2. The zero-order valence-corrected chi connectivity index (χ0v) is 16.6. The summed E-state index contributed by atoms with van der Waals surface area (Å²) in [7, 11) is 9.75.